The molecule has 3 aromatic carbocycles. The molecule has 5 nitrogen and oxygen atoms in total. The zero-order valence-electron chi connectivity index (χ0n) is 17.1. The highest BCUT2D eigenvalue weighted by atomic mass is 16.6. The van der Waals surface area contributed by atoms with Crippen molar-refractivity contribution >= 4 is 23.4 Å². The van der Waals surface area contributed by atoms with Crippen LogP contribution in [0.5, 0.6) is 0 Å². The van der Waals surface area contributed by atoms with Crippen LogP contribution >= 0.6 is 0 Å². The maximum atomic E-state index is 13.3. The highest BCUT2D eigenvalue weighted by Gasteiger charge is 2.20. The Morgan fingerprint density at radius 2 is 1.73 bits per heavy atom. The highest BCUT2D eigenvalue weighted by Crippen LogP contribution is 2.23. The Hall–Kier alpha value is -3.73. The van der Waals surface area contributed by atoms with E-state index in [1.54, 1.807) is 24.0 Å². The molecule has 0 atom stereocenters. The van der Waals surface area contributed by atoms with Crippen molar-refractivity contribution in [2.24, 2.45) is 0 Å². The minimum atomic E-state index is -0.457. The Bertz CT molecular complexity index is 1060. The van der Waals surface area contributed by atoms with Crippen molar-refractivity contribution in [3.63, 3.8) is 0 Å². The number of nitro benzene ring substituents is 1. The summed E-state index contributed by atoms with van der Waals surface area (Å²) >= 11 is 0. The van der Waals surface area contributed by atoms with Gasteiger partial charge >= 0.3 is 0 Å². The molecule has 0 aliphatic carbocycles. The summed E-state index contributed by atoms with van der Waals surface area (Å²) in [4.78, 5) is 25.8. The molecule has 0 bridgehead atoms. The van der Waals surface area contributed by atoms with E-state index in [0.717, 1.165) is 17.7 Å². The number of benzene rings is 3. The van der Waals surface area contributed by atoms with Crippen molar-refractivity contribution in [1.29, 1.82) is 0 Å². The molecule has 0 saturated heterocycles. The van der Waals surface area contributed by atoms with Crippen LogP contribution in [0.25, 0.3) is 6.08 Å². The van der Waals surface area contributed by atoms with Gasteiger partial charge in [-0.25, -0.2) is 0 Å². The van der Waals surface area contributed by atoms with E-state index in [2.05, 4.69) is 6.92 Å². The van der Waals surface area contributed by atoms with Crippen LogP contribution in [0.15, 0.2) is 78.9 Å². The third-order valence-electron chi connectivity index (χ3n) is 4.95. The molecule has 0 fully saturated rings. The third-order valence-corrected chi connectivity index (χ3v) is 4.95. The lowest BCUT2D eigenvalue weighted by Gasteiger charge is -2.22. The van der Waals surface area contributed by atoms with Gasteiger partial charge in [-0.3, -0.25) is 14.9 Å². The molecule has 0 heterocycles. The molecule has 152 valence electrons. The van der Waals surface area contributed by atoms with E-state index in [0.29, 0.717) is 17.7 Å². The second kappa shape index (κ2) is 9.65. The van der Waals surface area contributed by atoms with Crippen molar-refractivity contribution in [1.82, 2.24) is 0 Å². The van der Waals surface area contributed by atoms with Crippen LogP contribution < -0.4 is 4.90 Å². The fourth-order valence-corrected chi connectivity index (χ4v) is 3.17. The number of carbonyl (C=O) groups is 1. The number of rotatable bonds is 7. The van der Waals surface area contributed by atoms with Gasteiger partial charge in [0.15, 0.2) is 0 Å². The predicted molar refractivity (Wildman–Crippen MR) is 121 cm³/mol. The first-order valence-corrected chi connectivity index (χ1v) is 9.87. The monoisotopic (exact) mass is 400 g/mol. The number of hydrogen-bond donors (Lipinski definition) is 0. The Morgan fingerprint density at radius 1 is 1.03 bits per heavy atom. The quantitative estimate of drug-likeness (QED) is 0.370. The molecular weight excluding hydrogens is 376 g/mol. The van der Waals surface area contributed by atoms with E-state index in [1.807, 2.05) is 66.7 Å². The lowest BCUT2D eigenvalue weighted by atomic mass is 10.1. The first-order valence-electron chi connectivity index (χ1n) is 9.87. The summed E-state index contributed by atoms with van der Waals surface area (Å²) in [6.45, 7) is 4.09. The maximum Gasteiger partial charge on any atom is 0.273 e. The average molecular weight is 400 g/mol. The molecule has 0 spiro atoms. The molecular formula is C25H24N2O3. The van der Waals surface area contributed by atoms with Gasteiger partial charge in [-0.15, -0.1) is 0 Å². The van der Waals surface area contributed by atoms with Crippen molar-refractivity contribution in [2.75, 3.05) is 11.4 Å². The fourth-order valence-electron chi connectivity index (χ4n) is 3.17. The molecule has 0 aliphatic rings. The summed E-state index contributed by atoms with van der Waals surface area (Å²) < 4.78 is 0. The summed E-state index contributed by atoms with van der Waals surface area (Å²) in [7, 11) is 0. The summed E-state index contributed by atoms with van der Waals surface area (Å²) in [5.74, 6) is -0.278. The Kier molecular flexibility index (Phi) is 6.75. The molecule has 30 heavy (non-hydrogen) atoms. The normalized spacial score (nSPS) is 10.9. The molecule has 0 saturated carbocycles. The van der Waals surface area contributed by atoms with E-state index >= 15 is 0 Å². The van der Waals surface area contributed by atoms with Gasteiger partial charge in [-0.2, -0.15) is 0 Å². The van der Waals surface area contributed by atoms with Crippen LogP contribution in [0.3, 0.4) is 0 Å². The van der Waals surface area contributed by atoms with Gasteiger partial charge in [0.05, 0.1) is 4.92 Å². The van der Waals surface area contributed by atoms with Gasteiger partial charge in [-0.1, -0.05) is 67.6 Å². The summed E-state index contributed by atoms with van der Waals surface area (Å²) in [6.07, 6.45) is 4.79. The van der Waals surface area contributed by atoms with Gasteiger partial charge in [0.2, 0.25) is 0 Å². The van der Waals surface area contributed by atoms with Gasteiger partial charge in [0, 0.05) is 29.4 Å². The van der Waals surface area contributed by atoms with Crippen LogP contribution in [0.2, 0.25) is 0 Å². The molecule has 0 aliphatic heterocycles. The number of nitro groups is 1. The number of anilines is 1. The average Bonchev–Trinajstić information content (AvgIpc) is 2.77. The van der Waals surface area contributed by atoms with E-state index < -0.39 is 4.92 Å². The minimum Gasteiger partial charge on any atom is -0.305 e. The van der Waals surface area contributed by atoms with Gasteiger partial charge in [-0.05, 0) is 42.7 Å². The Labute approximate surface area is 176 Å². The van der Waals surface area contributed by atoms with Crippen LogP contribution in [0.4, 0.5) is 11.4 Å². The third kappa shape index (κ3) is 5.00. The molecule has 1 amide bonds. The number of carbonyl (C=O) groups excluding carboxylic acids is 1. The van der Waals surface area contributed by atoms with Gasteiger partial charge < -0.3 is 4.90 Å². The SMILES string of the molecule is CCc1ccc(N(C/C=C/c2ccccc2)C(=O)c2ccc(C)c([N+](=O)[O-])c2)cc1. The lowest BCUT2D eigenvalue weighted by Crippen LogP contribution is -2.31. The van der Waals surface area contributed by atoms with Gasteiger partial charge in [0.25, 0.3) is 11.6 Å². The molecule has 5 heteroatoms. The standard InChI is InChI=1S/C25H24N2O3/c1-3-20-12-15-23(16-13-20)26(17-7-10-21-8-5-4-6-9-21)25(28)22-14-11-19(2)24(18-22)27(29)30/h4-16,18H,3,17H2,1-2H3/b10-7+. The molecule has 0 N–H and O–H groups in total. The summed E-state index contributed by atoms with van der Waals surface area (Å²) in [5.41, 5.74) is 3.73. The minimum absolute atomic E-state index is 0.0537. The molecule has 0 radical (unpaired) electrons. The highest BCUT2D eigenvalue weighted by molar-refractivity contribution is 6.06. The maximum absolute atomic E-state index is 13.3. The first kappa shape index (κ1) is 21.0. The van der Waals surface area contributed by atoms with Crippen LogP contribution in [-0.4, -0.2) is 17.4 Å². The topological polar surface area (TPSA) is 63.5 Å². The smallest absolute Gasteiger partial charge is 0.273 e. The van der Waals surface area contributed by atoms with Crippen molar-refractivity contribution < 1.29 is 9.72 Å². The second-order valence-electron chi connectivity index (χ2n) is 7.01. The lowest BCUT2D eigenvalue weighted by molar-refractivity contribution is -0.385. The van der Waals surface area contributed by atoms with Crippen molar-refractivity contribution in [3.8, 4) is 0 Å². The summed E-state index contributed by atoms with van der Waals surface area (Å²) in [6, 6.07) is 22.3. The Balaban J connectivity index is 1.93. The van der Waals surface area contributed by atoms with E-state index in [4.69, 9.17) is 0 Å². The molecule has 3 aromatic rings. The van der Waals surface area contributed by atoms with Crippen molar-refractivity contribution in [3.05, 3.63) is 111 Å². The molecule has 0 aromatic heterocycles. The van der Waals surface area contributed by atoms with Crippen LogP contribution in [0.1, 0.15) is 34.0 Å². The Morgan fingerprint density at radius 3 is 2.37 bits per heavy atom. The van der Waals surface area contributed by atoms with E-state index in [1.165, 1.54) is 11.6 Å². The zero-order chi connectivity index (χ0) is 21.5. The van der Waals surface area contributed by atoms with E-state index in [9.17, 15) is 14.9 Å². The molecule has 3 rings (SSSR count). The molecule has 0 unspecified atom stereocenters. The predicted octanol–water partition coefficient (Wildman–Crippen LogP) is 5.83. The summed E-state index contributed by atoms with van der Waals surface area (Å²) in [5, 5.41) is 11.3. The first-order chi connectivity index (χ1) is 14.5. The number of hydrogen-bond acceptors (Lipinski definition) is 3. The largest absolute Gasteiger partial charge is 0.305 e. The van der Waals surface area contributed by atoms with E-state index in [-0.39, 0.29) is 11.6 Å². The van der Waals surface area contributed by atoms with Crippen LogP contribution in [-0.2, 0) is 6.42 Å². The number of nitrogens with zero attached hydrogens (tertiary/aromatic N) is 2. The van der Waals surface area contributed by atoms with Crippen molar-refractivity contribution in [2.45, 2.75) is 20.3 Å². The van der Waals surface area contributed by atoms with Gasteiger partial charge in [0.1, 0.15) is 0 Å². The van der Waals surface area contributed by atoms with Crippen LogP contribution in [0, 0.1) is 17.0 Å². The zero-order valence-corrected chi connectivity index (χ0v) is 17.1. The second-order valence-corrected chi connectivity index (χ2v) is 7.01. The fraction of sp³-hybridized carbons (Fsp3) is 0.160. The number of amides is 1. The number of aryl methyl sites for hydroxylation is 2.